The van der Waals surface area contributed by atoms with Crippen molar-refractivity contribution in [3.8, 4) is 5.75 Å². The number of methoxy groups -OCH3 is 1. The van der Waals surface area contributed by atoms with E-state index >= 15 is 0 Å². The maximum Gasteiger partial charge on any atom is 0.258 e. The average molecular weight is 444 g/mol. The predicted molar refractivity (Wildman–Crippen MR) is 126 cm³/mol. The highest BCUT2D eigenvalue weighted by Crippen LogP contribution is 2.49. The highest BCUT2D eigenvalue weighted by atomic mass is 28.4. The van der Waals surface area contributed by atoms with Gasteiger partial charge < -0.3 is 9.16 Å². The smallest absolute Gasteiger partial charge is 0.258 e. The van der Waals surface area contributed by atoms with Gasteiger partial charge in [-0.05, 0) is 58.6 Å². The average Bonchev–Trinajstić information content (AvgIpc) is 2.72. The number of β-lactam (4-membered cyclic amide) rings is 1. The minimum atomic E-state index is -2.27. The van der Waals surface area contributed by atoms with Crippen molar-refractivity contribution >= 4 is 19.9 Å². The molecule has 0 spiro atoms. The van der Waals surface area contributed by atoms with Crippen LogP contribution in [0.3, 0.4) is 0 Å². The van der Waals surface area contributed by atoms with Crippen LogP contribution in [0.5, 0.6) is 5.75 Å². The molecule has 2 aromatic rings. The highest BCUT2D eigenvalue weighted by molar-refractivity contribution is 6.77. The maximum absolute atomic E-state index is 13.6. The number of ether oxygens (including phenoxy) is 1. The zero-order chi connectivity index (χ0) is 22.9. The SMILES string of the molecule is COc1ccc(N2C(=O)[C@H](O[Si](C(C)C)(C(C)C)C(C)C)[C@@H]2c2ccc(F)cc2)cc1. The summed E-state index contributed by atoms with van der Waals surface area (Å²) in [5.41, 5.74) is 2.75. The number of carbonyl (C=O) groups excluding carboxylic acids is 1. The van der Waals surface area contributed by atoms with Crippen molar-refractivity contribution in [2.24, 2.45) is 0 Å². The molecule has 1 fully saturated rings. The van der Waals surface area contributed by atoms with E-state index in [0.29, 0.717) is 16.6 Å². The molecular weight excluding hydrogens is 409 g/mol. The first-order valence-corrected chi connectivity index (χ1v) is 13.2. The molecule has 1 heterocycles. The van der Waals surface area contributed by atoms with E-state index in [-0.39, 0.29) is 17.8 Å². The summed E-state index contributed by atoms with van der Waals surface area (Å²) < 4.78 is 25.8. The predicted octanol–water partition coefficient (Wildman–Crippen LogP) is 6.48. The van der Waals surface area contributed by atoms with Gasteiger partial charge in [0, 0.05) is 5.69 Å². The molecule has 0 bridgehead atoms. The lowest BCUT2D eigenvalue weighted by atomic mass is 9.90. The fraction of sp³-hybridized carbons (Fsp3) is 0.480. The first-order chi connectivity index (χ1) is 14.6. The molecule has 6 heteroatoms. The van der Waals surface area contributed by atoms with Gasteiger partial charge in [0.2, 0.25) is 8.32 Å². The standard InChI is InChI=1S/C25H34FNO3Si/c1-16(2)31(17(3)4,18(5)6)30-24-23(19-8-10-20(26)11-9-19)27(25(24)28)21-12-14-22(29-7)15-13-21/h8-18,23-24H,1-7H3/t23-,24+/m0/s1. The highest BCUT2D eigenvalue weighted by Gasteiger charge is 2.56. The van der Waals surface area contributed by atoms with Crippen LogP contribution in [-0.2, 0) is 9.22 Å². The van der Waals surface area contributed by atoms with Gasteiger partial charge in [0.1, 0.15) is 17.7 Å². The van der Waals surface area contributed by atoms with Crippen LogP contribution in [0.2, 0.25) is 16.6 Å². The Balaban J connectivity index is 2.02. The van der Waals surface area contributed by atoms with Crippen LogP contribution in [0.4, 0.5) is 10.1 Å². The van der Waals surface area contributed by atoms with Crippen molar-refractivity contribution in [2.45, 2.75) is 70.3 Å². The largest absolute Gasteiger partial charge is 0.497 e. The second-order valence-electron chi connectivity index (χ2n) is 9.26. The number of hydrogen-bond acceptors (Lipinski definition) is 3. The van der Waals surface area contributed by atoms with Gasteiger partial charge in [-0.15, -0.1) is 0 Å². The van der Waals surface area contributed by atoms with Gasteiger partial charge >= 0.3 is 0 Å². The van der Waals surface area contributed by atoms with Crippen LogP contribution >= 0.6 is 0 Å². The van der Waals surface area contributed by atoms with Gasteiger partial charge in [-0.3, -0.25) is 9.69 Å². The van der Waals surface area contributed by atoms with Gasteiger partial charge in [0.25, 0.3) is 5.91 Å². The van der Waals surface area contributed by atoms with Crippen molar-refractivity contribution in [3.05, 3.63) is 59.9 Å². The summed E-state index contributed by atoms with van der Waals surface area (Å²) in [6.45, 7) is 13.3. The maximum atomic E-state index is 13.6. The molecule has 1 saturated heterocycles. The molecule has 0 saturated carbocycles. The van der Waals surface area contributed by atoms with Crippen LogP contribution in [-0.4, -0.2) is 27.4 Å². The fourth-order valence-electron chi connectivity index (χ4n) is 5.22. The van der Waals surface area contributed by atoms with Crippen molar-refractivity contribution in [1.82, 2.24) is 0 Å². The second-order valence-corrected chi connectivity index (χ2v) is 14.7. The number of rotatable bonds is 8. The molecule has 2 aromatic carbocycles. The molecule has 168 valence electrons. The summed E-state index contributed by atoms with van der Waals surface area (Å²) in [7, 11) is -0.661. The lowest BCUT2D eigenvalue weighted by Crippen LogP contribution is -2.65. The lowest BCUT2D eigenvalue weighted by molar-refractivity contribution is -0.136. The van der Waals surface area contributed by atoms with Gasteiger partial charge in [-0.1, -0.05) is 53.7 Å². The lowest BCUT2D eigenvalue weighted by Gasteiger charge is -2.53. The summed E-state index contributed by atoms with van der Waals surface area (Å²) in [6, 6.07) is 13.5. The van der Waals surface area contributed by atoms with Crippen LogP contribution in [0.25, 0.3) is 0 Å². The van der Waals surface area contributed by atoms with Crippen molar-refractivity contribution in [1.29, 1.82) is 0 Å². The third-order valence-corrected chi connectivity index (χ3v) is 12.7. The van der Waals surface area contributed by atoms with E-state index in [2.05, 4.69) is 41.5 Å². The zero-order valence-corrected chi connectivity index (χ0v) is 20.6. The fourth-order valence-corrected chi connectivity index (χ4v) is 10.7. The molecule has 1 aliphatic rings. The zero-order valence-electron chi connectivity index (χ0n) is 19.6. The summed E-state index contributed by atoms with van der Waals surface area (Å²) in [5, 5.41) is 0. The van der Waals surface area contributed by atoms with E-state index in [4.69, 9.17) is 9.16 Å². The van der Waals surface area contributed by atoms with Gasteiger partial charge in [-0.25, -0.2) is 4.39 Å². The van der Waals surface area contributed by atoms with Crippen molar-refractivity contribution < 1.29 is 18.3 Å². The molecule has 0 N–H and O–H groups in total. The van der Waals surface area contributed by atoms with E-state index in [1.165, 1.54) is 12.1 Å². The Morgan fingerprint density at radius 1 is 0.871 bits per heavy atom. The first kappa shape index (κ1) is 23.5. The Kier molecular flexibility index (Phi) is 6.91. The van der Waals surface area contributed by atoms with Gasteiger partial charge in [0.15, 0.2) is 0 Å². The second kappa shape index (κ2) is 9.13. The topological polar surface area (TPSA) is 38.8 Å². The number of hydrogen-bond donors (Lipinski definition) is 0. The normalized spacial score (nSPS) is 19.3. The van der Waals surface area contributed by atoms with Crippen LogP contribution in [0, 0.1) is 5.82 Å². The molecule has 0 unspecified atom stereocenters. The summed E-state index contributed by atoms with van der Waals surface area (Å²) in [4.78, 5) is 15.2. The minimum absolute atomic E-state index is 0.0432. The van der Waals surface area contributed by atoms with E-state index in [1.54, 1.807) is 24.1 Å². The van der Waals surface area contributed by atoms with Crippen molar-refractivity contribution in [3.63, 3.8) is 0 Å². The van der Waals surface area contributed by atoms with Gasteiger partial charge in [0.05, 0.1) is 13.2 Å². The first-order valence-electron chi connectivity index (χ1n) is 11.0. The monoisotopic (exact) mass is 443 g/mol. The Labute approximate surface area is 186 Å². The molecule has 1 aliphatic heterocycles. The minimum Gasteiger partial charge on any atom is -0.497 e. The van der Waals surface area contributed by atoms with E-state index in [0.717, 1.165) is 17.0 Å². The number of anilines is 1. The number of amides is 1. The van der Waals surface area contributed by atoms with E-state index in [9.17, 15) is 9.18 Å². The van der Waals surface area contributed by atoms with Gasteiger partial charge in [-0.2, -0.15) is 0 Å². The van der Waals surface area contributed by atoms with Crippen LogP contribution in [0.15, 0.2) is 48.5 Å². The molecule has 31 heavy (non-hydrogen) atoms. The number of halogens is 1. The molecular formula is C25H34FNO3Si. The summed E-state index contributed by atoms with van der Waals surface area (Å²) in [5.74, 6) is 0.394. The molecule has 0 aromatic heterocycles. The number of nitrogens with zero attached hydrogens (tertiary/aromatic N) is 1. The van der Waals surface area contributed by atoms with Crippen LogP contribution in [0.1, 0.15) is 53.1 Å². The summed E-state index contributed by atoms with van der Waals surface area (Å²) >= 11 is 0. The third kappa shape index (κ3) is 4.15. The van der Waals surface area contributed by atoms with Crippen molar-refractivity contribution in [2.75, 3.05) is 12.0 Å². The molecule has 0 radical (unpaired) electrons. The van der Waals surface area contributed by atoms with Crippen LogP contribution < -0.4 is 9.64 Å². The molecule has 2 atom stereocenters. The number of benzene rings is 2. The Bertz CT molecular complexity index is 874. The molecule has 3 rings (SSSR count). The van der Waals surface area contributed by atoms with E-state index < -0.39 is 14.4 Å². The Hall–Kier alpha value is -2.18. The Morgan fingerprint density at radius 2 is 1.39 bits per heavy atom. The Morgan fingerprint density at radius 3 is 1.84 bits per heavy atom. The molecule has 1 amide bonds. The number of carbonyl (C=O) groups is 1. The molecule has 0 aliphatic carbocycles. The van der Waals surface area contributed by atoms with E-state index in [1.807, 2.05) is 24.3 Å². The summed E-state index contributed by atoms with van der Waals surface area (Å²) in [6.07, 6.45) is -0.563. The third-order valence-electron chi connectivity index (χ3n) is 6.65. The molecule has 4 nitrogen and oxygen atoms in total. The quantitative estimate of drug-likeness (QED) is 0.346.